The molecule has 0 fully saturated rings. The monoisotopic (exact) mass is 1240 g/mol. The van der Waals surface area contributed by atoms with E-state index in [9.17, 15) is 43.2 Å². The summed E-state index contributed by atoms with van der Waals surface area (Å²) in [6, 6.07) is 0. The van der Waals surface area contributed by atoms with E-state index in [1.807, 2.05) is 0 Å². The summed E-state index contributed by atoms with van der Waals surface area (Å²) in [5.74, 6) is -1.33. The molecule has 0 aromatic rings. The number of hydrogen-bond donors (Lipinski definition) is 3. The molecule has 0 amide bonds. The summed E-state index contributed by atoms with van der Waals surface area (Å²) >= 11 is 0. The molecule has 0 aliphatic rings. The highest BCUT2D eigenvalue weighted by Gasteiger charge is 2.30. The van der Waals surface area contributed by atoms with Crippen molar-refractivity contribution in [3.05, 3.63) is 0 Å². The summed E-state index contributed by atoms with van der Waals surface area (Å²) in [4.78, 5) is 72.2. The maximum Gasteiger partial charge on any atom is 0.472 e. The normalized spacial score (nSPS) is 14.5. The Kier molecular flexibility index (Phi) is 57.4. The zero-order valence-electron chi connectivity index (χ0n) is 54.0. The number of unbranched alkanes of at least 4 members (excludes halogenated alkanes) is 36. The zero-order chi connectivity index (χ0) is 62.0. The molecule has 0 bridgehead atoms. The molecular weight excluding hydrogens is 1110 g/mol. The Morgan fingerprint density at radius 2 is 0.571 bits per heavy atom. The molecule has 0 heterocycles. The molecule has 84 heavy (non-hydrogen) atoms. The predicted octanol–water partition coefficient (Wildman–Crippen LogP) is 18.2. The van der Waals surface area contributed by atoms with E-state index in [2.05, 4.69) is 34.6 Å². The van der Waals surface area contributed by atoms with Crippen LogP contribution in [0.2, 0.25) is 0 Å². The summed E-state index contributed by atoms with van der Waals surface area (Å²) in [6.45, 7) is 7.19. The first-order chi connectivity index (χ1) is 40.6. The number of rotatable bonds is 65. The van der Waals surface area contributed by atoms with Gasteiger partial charge in [0.25, 0.3) is 0 Å². The van der Waals surface area contributed by atoms with Crippen molar-refractivity contribution in [3.63, 3.8) is 0 Å². The third kappa shape index (κ3) is 57.8. The molecule has 0 rings (SSSR count). The lowest BCUT2D eigenvalue weighted by Crippen LogP contribution is -2.30. The van der Waals surface area contributed by atoms with E-state index >= 15 is 0 Å². The Labute approximate surface area is 511 Å². The van der Waals surface area contributed by atoms with E-state index in [-0.39, 0.29) is 25.7 Å². The van der Waals surface area contributed by atoms with E-state index < -0.39 is 97.5 Å². The van der Waals surface area contributed by atoms with Crippen molar-refractivity contribution < 1.29 is 80.2 Å². The Hall–Kier alpha value is -1.94. The smallest absolute Gasteiger partial charge is 0.462 e. The van der Waals surface area contributed by atoms with E-state index in [1.54, 1.807) is 0 Å². The first-order valence-corrected chi connectivity index (χ1v) is 37.2. The Morgan fingerprint density at radius 3 is 0.845 bits per heavy atom. The lowest BCUT2D eigenvalue weighted by molar-refractivity contribution is -0.161. The van der Waals surface area contributed by atoms with Crippen LogP contribution < -0.4 is 0 Å². The average Bonchev–Trinajstić information content (AvgIpc) is 3.65. The van der Waals surface area contributed by atoms with Crippen molar-refractivity contribution in [2.24, 2.45) is 5.92 Å². The minimum absolute atomic E-state index is 0.107. The Morgan fingerprint density at radius 1 is 0.333 bits per heavy atom. The van der Waals surface area contributed by atoms with Gasteiger partial charge in [-0.05, 0) is 31.6 Å². The van der Waals surface area contributed by atoms with Gasteiger partial charge in [0.15, 0.2) is 12.2 Å². The molecule has 3 N–H and O–H groups in total. The molecule has 0 saturated heterocycles. The number of carbonyl (C=O) groups is 4. The number of hydrogen-bond acceptors (Lipinski definition) is 15. The van der Waals surface area contributed by atoms with Gasteiger partial charge in [-0.1, -0.05) is 279 Å². The summed E-state index contributed by atoms with van der Waals surface area (Å²) in [5.41, 5.74) is 0. The third-order valence-corrected chi connectivity index (χ3v) is 17.3. The molecule has 0 aromatic heterocycles. The van der Waals surface area contributed by atoms with Gasteiger partial charge in [0, 0.05) is 25.7 Å². The molecule has 19 heteroatoms. The second-order valence-corrected chi connectivity index (χ2v) is 26.7. The number of esters is 4. The van der Waals surface area contributed by atoms with Gasteiger partial charge in [0.2, 0.25) is 0 Å². The number of phosphoric ester groups is 2. The average molecular weight is 1240 g/mol. The quantitative estimate of drug-likeness (QED) is 0.0222. The van der Waals surface area contributed by atoms with Gasteiger partial charge in [-0.3, -0.25) is 37.3 Å². The second-order valence-electron chi connectivity index (χ2n) is 23.7. The van der Waals surface area contributed by atoms with Crippen LogP contribution in [0.3, 0.4) is 0 Å². The van der Waals surface area contributed by atoms with Crippen molar-refractivity contribution in [3.8, 4) is 0 Å². The molecule has 0 spiro atoms. The summed E-state index contributed by atoms with van der Waals surface area (Å²) in [5, 5.41) is 10.5. The van der Waals surface area contributed by atoms with Crippen LogP contribution in [-0.4, -0.2) is 96.7 Å². The molecular formula is C65H126O17P2. The van der Waals surface area contributed by atoms with Crippen LogP contribution in [0, 0.1) is 5.92 Å². The number of carbonyl (C=O) groups excluding carboxylic acids is 4. The molecule has 0 saturated carbocycles. The maximum atomic E-state index is 13.0. The Balaban J connectivity index is 5.22. The molecule has 0 aliphatic carbocycles. The van der Waals surface area contributed by atoms with Gasteiger partial charge in [-0.2, -0.15) is 0 Å². The van der Waals surface area contributed by atoms with Crippen molar-refractivity contribution in [2.75, 3.05) is 39.6 Å². The minimum Gasteiger partial charge on any atom is -0.462 e. The fourth-order valence-corrected chi connectivity index (χ4v) is 11.3. The van der Waals surface area contributed by atoms with Crippen molar-refractivity contribution in [1.82, 2.24) is 0 Å². The summed E-state index contributed by atoms with van der Waals surface area (Å²) in [7, 11) is -9.88. The highest BCUT2D eigenvalue weighted by atomic mass is 31.2. The molecule has 0 radical (unpaired) electrons. The fraction of sp³-hybridized carbons (Fsp3) is 0.938. The lowest BCUT2D eigenvalue weighted by Gasteiger charge is -2.21. The van der Waals surface area contributed by atoms with E-state index in [1.165, 1.54) is 141 Å². The van der Waals surface area contributed by atoms with Gasteiger partial charge in [-0.25, -0.2) is 9.13 Å². The van der Waals surface area contributed by atoms with Gasteiger partial charge in [0.05, 0.1) is 26.4 Å². The topological polar surface area (TPSA) is 237 Å². The van der Waals surface area contributed by atoms with Crippen LogP contribution in [0.5, 0.6) is 0 Å². The van der Waals surface area contributed by atoms with Gasteiger partial charge < -0.3 is 33.8 Å². The van der Waals surface area contributed by atoms with E-state index in [0.717, 1.165) is 109 Å². The number of aliphatic hydroxyl groups excluding tert-OH is 1. The van der Waals surface area contributed by atoms with Gasteiger partial charge in [0.1, 0.15) is 19.3 Å². The summed E-state index contributed by atoms with van der Waals surface area (Å²) in [6.07, 6.45) is 43.0. The van der Waals surface area contributed by atoms with Crippen LogP contribution in [0.4, 0.5) is 0 Å². The zero-order valence-corrected chi connectivity index (χ0v) is 55.8. The van der Waals surface area contributed by atoms with Crippen LogP contribution in [0.15, 0.2) is 0 Å². The van der Waals surface area contributed by atoms with Crippen molar-refractivity contribution >= 4 is 39.5 Å². The van der Waals surface area contributed by atoms with Crippen molar-refractivity contribution in [1.29, 1.82) is 0 Å². The summed E-state index contributed by atoms with van der Waals surface area (Å²) < 4.78 is 68.0. The number of ether oxygens (including phenoxy) is 4. The third-order valence-electron chi connectivity index (χ3n) is 15.4. The van der Waals surface area contributed by atoms with Crippen LogP contribution in [0.1, 0.15) is 330 Å². The van der Waals surface area contributed by atoms with Gasteiger partial charge >= 0.3 is 39.5 Å². The maximum absolute atomic E-state index is 13.0. The highest BCUT2D eigenvalue weighted by Crippen LogP contribution is 2.45. The SMILES string of the molecule is CCCCCCCCCCCCCCC(=O)OC[C@H](COP(=O)(O)OC[C@@H](O)COP(=O)(O)OC[C@@H](COC(=O)CCCCCCCCC)OC(=O)CCCCCCCCCCCCC)OC(=O)CCCCCCCCCCCCC(C)CC. The highest BCUT2D eigenvalue weighted by molar-refractivity contribution is 7.47. The lowest BCUT2D eigenvalue weighted by atomic mass is 9.99. The standard InChI is InChI=1S/C65H126O17P2/c1-6-10-13-16-19-21-23-25-29-34-39-44-49-63(68)76-55-61(82-65(70)51-46-41-36-31-27-26-28-33-37-42-47-58(5)9-4)57-80-84(73,74)78-53-59(66)52-77-83(71,72)79-56-60(54-75-62(67)48-43-38-32-18-15-12-8-3)81-64(69)50-45-40-35-30-24-22-20-17-14-11-7-2/h58-61,66H,6-57H2,1-5H3,(H,71,72)(H,73,74)/t58?,59-,60+,61+/m0/s1. The minimum atomic E-state index is -4.94. The molecule has 6 atom stereocenters. The second kappa shape index (κ2) is 58.7. The molecule has 498 valence electrons. The van der Waals surface area contributed by atoms with E-state index in [0.29, 0.717) is 25.7 Å². The first-order valence-electron chi connectivity index (χ1n) is 34.2. The fourth-order valence-electron chi connectivity index (χ4n) is 9.73. The predicted molar refractivity (Wildman–Crippen MR) is 335 cm³/mol. The van der Waals surface area contributed by atoms with Crippen molar-refractivity contribution in [2.45, 2.75) is 348 Å². The molecule has 0 aromatic carbocycles. The van der Waals surface area contributed by atoms with Gasteiger partial charge in [-0.15, -0.1) is 0 Å². The van der Waals surface area contributed by atoms with Crippen LogP contribution >= 0.6 is 15.6 Å². The first kappa shape index (κ1) is 82.1. The molecule has 0 aliphatic heterocycles. The molecule has 17 nitrogen and oxygen atoms in total. The van der Waals surface area contributed by atoms with Crippen LogP contribution in [0.25, 0.3) is 0 Å². The Bertz CT molecular complexity index is 1640. The number of aliphatic hydroxyl groups is 1. The largest absolute Gasteiger partial charge is 0.472 e. The number of phosphoric acid groups is 2. The van der Waals surface area contributed by atoms with E-state index in [4.69, 9.17) is 37.0 Å². The molecule has 3 unspecified atom stereocenters. The van der Waals surface area contributed by atoms with Crippen LogP contribution in [-0.2, 0) is 65.4 Å².